The normalized spacial score (nSPS) is 20.5. The van der Waals surface area contributed by atoms with E-state index >= 15 is 0 Å². The van der Waals surface area contributed by atoms with Crippen LogP contribution in [0.5, 0.6) is 0 Å². The minimum absolute atomic E-state index is 0.129. The van der Waals surface area contributed by atoms with Crippen LogP contribution >= 0.6 is 0 Å². The fourth-order valence-electron chi connectivity index (χ4n) is 2.97. The Bertz CT molecular complexity index is 686. The van der Waals surface area contributed by atoms with Crippen molar-refractivity contribution in [2.45, 2.75) is 37.8 Å². The smallest absolute Gasteiger partial charge is 0.244 e. The van der Waals surface area contributed by atoms with Gasteiger partial charge in [0, 0.05) is 24.2 Å². The van der Waals surface area contributed by atoms with Crippen LogP contribution in [0.2, 0.25) is 0 Å². The average molecular weight is 354 g/mol. The first-order valence-electron chi connectivity index (χ1n) is 8.73. The SMILES string of the molecule is O=C(C=Cc1ccco1)NC1CCC(NC(=O)C=Cc2ccco2)CC1. The molecular formula is C20H22N2O4. The van der Waals surface area contributed by atoms with Crippen LogP contribution in [0.4, 0.5) is 0 Å². The number of amides is 2. The molecule has 0 atom stereocenters. The van der Waals surface area contributed by atoms with Crippen molar-refractivity contribution in [1.29, 1.82) is 0 Å². The molecule has 0 aliphatic heterocycles. The van der Waals surface area contributed by atoms with Gasteiger partial charge in [-0.05, 0) is 62.1 Å². The summed E-state index contributed by atoms with van der Waals surface area (Å²) in [4.78, 5) is 23.9. The highest BCUT2D eigenvalue weighted by Crippen LogP contribution is 2.19. The number of furan rings is 2. The van der Waals surface area contributed by atoms with Crippen molar-refractivity contribution in [3.05, 3.63) is 60.5 Å². The van der Waals surface area contributed by atoms with E-state index in [-0.39, 0.29) is 23.9 Å². The van der Waals surface area contributed by atoms with Gasteiger partial charge in [0.05, 0.1) is 12.5 Å². The highest BCUT2D eigenvalue weighted by Gasteiger charge is 2.22. The first-order chi connectivity index (χ1) is 12.7. The van der Waals surface area contributed by atoms with Crippen molar-refractivity contribution in [1.82, 2.24) is 10.6 Å². The van der Waals surface area contributed by atoms with E-state index in [4.69, 9.17) is 8.83 Å². The Morgan fingerprint density at radius 1 is 0.808 bits per heavy atom. The summed E-state index contributed by atoms with van der Waals surface area (Å²) in [5.41, 5.74) is 0. The summed E-state index contributed by atoms with van der Waals surface area (Å²) >= 11 is 0. The fraction of sp³-hybridized carbons (Fsp3) is 0.300. The van der Waals surface area contributed by atoms with Crippen LogP contribution in [0.1, 0.15) is 37.2 Å². The van der Waals surface area contributed by atoms with Crippen LogP contribution < -0.4 is 10.6 Å². The second kappa shape index (κ2) is 8.89. The van der Waals surface area contributed by atoms with E-state index in [1.165, 1.54) is 12.2 Å². The topological polar surface area (TPSA) is 84.5 Å². The molecule has 26 heavy (non-hydrogen) atoms. The minimum atomic E-state index is -0.129. The Hall–Kier alpha value is -3.02. The highest BCUT2D eigenvalue weighted by atomic mass is 16.3. The zero-order chi connectivity index (χ0) is 18.2. The average Bonchev–Trinajstić information content (AvgIpc) is 3.34. The van der Waals surface area contributed by atoms with Crippen LogP contribution in [0, 0.1) is 0 Å². The molecular weight excluding hydrogens is 332 g/mol. The Labute approximate surface area is 151 Å². The standard InChI is InChI=1S/C20H22N2O4/c23-19(11-9-17-3-1-13-25-17)21-15-5-7-16(8-6-15)22-20(24)12-10-18-4-2-14-26-18/h1-4,9-16H,5-8H2,(H,21,23)(H,22,24). The molecule has 2 amide bonds. The first-order valence-corrected chi connectivity index (χ1v) is 8.73. The lowest BCUT2D eigenvalue weighted by atomic mass is 9.91. The Morgan fingerprint density at radius 3 is 1.58 bits per heavy atom. The second-order valence-electron chi connectivity index (χ2n) is 6.26. The molecule has 6 heteroatoms. The molecule has 6 nitrogen and oxygen atoms in total. The molecule has 1 aliphatic rings. The van der Waals surface area contributed by atoms with Gasteiger partial charge in [-0.15, -0.1) is 0 Å². The molecule has 0 bridgehead atoms. The van der Waals surface area contributed by atoms with Crippen molar-refractivity contribution in [3.8, 4) is 0 Å². The molecule has 2 aromatic heterocycles. The molecule has 2 aromatic rings. The van der Waals surface area contributed by atoms with Crippen molar-refractivity contribution in [2.24, 2.45) is 0 Å². The van der Waals surface area contributed by atoms with Gasteiger partial charge in [-0.25, -0.2) is 0 Å². The zero-order valence-electron chi connectivity index (χ0n) is 14.4. The zero-order valence-corrected chi connectivity index (χ0v) is 14.4. The predicted molar refractivity (Wildman–Crippen MR) is 97.8 cm³/mol. The molecule has 0 unspecified atom stereocenters. The summed E-state index contributed by atoms with van der Waals surface area (Å²) in [6.45, 7) is 0. The molecule has 136 valence electrons. The highest BCUT2D eigenvalue weighted by molar-refractivity contribution is 5.92. The van der Waals surface area contributed by atoms with Gasteiger partial charge in [0.1, 0.15) is 11.5 Å². The lowest BCUT2D eigenvalue weighted by Gasteiger charge is -2.29. The van der Waals surface area contributed by atoms with E-state index < -0.39 is 0 Å². The van der Waals surface area contributed by atoms with Crippen molar-refractivity contribution in [2.75, 3.05) is 0 Å². The van der Waals surface area contributed by atoms with Gasteiger partial charge < -0.3 is 19.5 Å². The lowest BCUT2D eigenvalue weighted by Crippen LogP contribution is -2.43. The third-order valence-electron chi connectivity index (χ3n) is 4.30. The molecule has 0 saturated heterocycles. The van der Waals surface area contributed by atoms with Gasteiger partial charge in [-0.2, -0.15) is 0 Å². The summed E-state index contributed by atoms with van der Waals surface area (Å²) < 4.78 is 10.3. The molecule has 0 spiro atoms. The van der Waals surface area contributed by atoms with Crippen molar-refractivity contribution in [3.63, 3.8) is 0 Å². The number of rotatable bonds is 6. The summed E-state index contributed by atoms with van der Waals surface area (Å²) in [5, 5.41) is 5.98. The van der Waals surface area contributed by atoms with E-state index in [1.54, 1.807) is 48.9 Å². The maximum Gasteiger partial charge on any atom is 0.244 e. The van der Waals surface area contributed by atoms with Gasteiger partial charge in [0.2, 0.25) is 11.8 Å². The lowest BCUT2D eigenvalue weighted by molar-refractivity contribution is -0.118. The number of nitrogens with one attached hydrogen (secondary N) is 2. The van der Waals surface area contributed by atoms with Gasteiger partial charge in [0.25, 0.3) is 0 Å². The van der Waals surface area contributed by atoms with Gasteiger partial charge >= 0.3 is 0 Å². The van der Waals surface area contributed by atoms with Gasteiger partial charge in [-0.1, -0.05) is 0 Å². The van der Waals surface area contributed by atoms with Crippen LogP contribution in [0.25, 0.3) is 12.2 Å². The molecule has 2 N–H and O–H groups in total. The van der Waals surface area contributed by atoms with E-state index in [0.717, 1.165) is 25.7 Å². The molecule has 1 saturated carbocycles. The van der Waals surface area contributed by atoms with Crippen LogP contribution in [0.3, 0.4) is 0 Å². The summed E-state index contributed by atoms with van der Waals surface area (Å²) in [7, 11) is 0. The Balaban J connectivity index is 1.37. The summed E-state index contributed by atoms with van der Waals surface area (Å²) in [5.74, 6) is 1.04. The van der Waals surface area contributed by atoms with E-state index in [2.05, 4.69) is 10.6 Å². The largest absolute Gasteiger partial charge is 0.465 e. The Kier molecular flexibility index (Phi) is 6.09. The van der Waals surface area contributed by atoms with Crippen LogP contribution in [0.15, 0.2) is 57.8 Å². The number of hydrogen-bond acceptors (Lipinski definition) is 4. The van der Waals surface area contributed by atoms with E-state index in [1.807, 2.05) is 0 Å². The van der Waals surface area contributed by atoms with Crippen LogP contribution in [-0.4, -0.2) is 23.9 Å². The third-order valence-corrected chi connectivity index (χ3v) is 4.30. The predicted octanol–water partition coefficient (Wildman–Crippen LogP) is 3.14. The van der Waals surface area contributed by atoms with Crippen LogP contribution in [-0.2, 0) is 9.59 Å². The first kappa shape index (κ1) is 17.8. The molecule has 1 fully saturated rings. The molecule has 1 aliphatic carbocycles. The number of carbonyl (C=O) groups excluding carboxylic acids is 2. The number of hydrogen-bond donors (Lipinski definition) is 2. The molecule has 2 heterocycles. The van der Waals surface area contributed by atoms with E-state index in [9.17, 15) is 9.59 Å². The maximum atomic E-state index is 11.9. The van der Waals surface area contributed by atoms with E-state index in [0.29, 0.717) is 11.5 Å². The minimum Gasteiger partial charge on any atom is -0.465 e. The molecule has 0 radical (unpaired) electrons. The van der Waals surface area contributed by atoms with Gasteiger partial charge in [-0.3, -0.25) is 9.59 Å². The summed E-state index contributed by atoms with van der Waals surface area (Å²) in [6.07, 6.45) is 12.7. The fourth-order valence-corrected chi connectivity index (χ4v) is 2.97. The van der Waals surface area contributed by atoms with Gasteiger partial charge in [0.15, 0.2) is 0 Å². The Morgan fingerprint density at radius 2 is 1.23 bits per heavy atom. The van der Waals surface area contributed by atoms with Crippen molar-refractivity contribution < 1.29 is 18.4 Å². The van der Waals surface area contributed by atoms with Crippen molar-refractivity contribution >= 4 is 24.0 Å². The quantitative estimate of drug-likeness (QED) is 0.781. The molecule has 0 aromatic carbocycles. The third kappa shape index (κ3) is 5.51. The molecule has 3 rings (SSSR count). The summed E-state index contributed by atoms with van der Waals surface area (Å²) in [6, 6.07) is 7.40. The monoisotopic (exact) mass is 354 g/mol. The second-order valence-corrected chi connectivity index (χ2v) is 6.26. The number of carbonyl (C=O) groups is 2. The maximum absolute atomic E-state index is 11.9.